The van der Waals surface area contributed by atoms with Gasteiger partial charge in [0.05, 0.1) is 12.3 Å². The molecule has 2 saturated heterocycles. The molecular formula is C26H34ClN3O4. The molecule has 2 aliphatic rings. The smallest absolute Gasteiger partial charge is 0.259 e. The van der Waals surface area contributed by atoms with Crippen molar-refractivity contribution in [3.05, 3.63) is 46.3 Å². The lowest BCUT2D eigenvalue weighted by Gasteiger charge is -2.43. The molecular weight excluding hydrogens is 454 g/mol. The molecule has 0 radical (unpaired) electrons. The minimum Gasteiger partial charge on any atom is -0.493 e. The van der Waals surface area contributed by atoms with Crippen molar-refractivity contribution in [3.8, 4) is 5.75 Å². The molecule has 1 aromatic carbocycles. The molecule has 7 nitrogen and oxygen atoms in total. The monoisotopic (exact) mass is 487 g/mol. The first-order valence-electron chi connectivity index (χ1n) is 12.3. The van der Waals surface area contributed by atoms with Crippen LogP contribution >= 0.6 is 11.6 Å². The van der Waals surface area contributed by atoms with Gasteiger partial charge in [-0.1, -0.05) is 29.7 Å². The van der Waals surface area contributed by atoms with Crippen LogP contribution in [0.3, 0.4) is 0 Å². The van der Waals surface area contributed by atoms with E-state index in [1.54, 1.807) is 19.1 Å². The largest absolute Gasteiger partial charge is 0.493 e. The third-order valence-electron chi connectivity index (χ3n) is 7.01. The van der Waals surface area contributed by atoms with E-state index in [4.69, 9.17) is 20.9 Å². The molecule has 8 heteroatoms. The molecule has 0 saturated carbocycles. The fourth-order valence-corrected chi connectivity index (χ4v) is 5.34. The SMILES string of the molecule is CCc1noc(C)c1C(=O)N1CCC[C@@](COc2cccc(Cl)c2)(CC(=O)N2CCCCC2)C1. The van der Waals surface area contributed by atoms with Gasteiger partial charge in [0.1, 0.15) is 17.1 Å². The Morgan fingerprint density at radius 1 is 1.15 bits per heavy atom. The predicted octanol–water partition coefficient (Wildman–Crippen LogP) is 4.90. The number of likely N-dealkylation sites (tertiary alicyclic amines) is 2. The first-order valence-corrected chi connectivity index (χ1v) is 12.7. The average Bonchev–Trinajstić information content (AvgIpc) is 3.23. The summed E-state index contributed by atoms with van der Waals surface area (Å²) in [5.41, 5.74) is 0.761. The van der Waals surface area contributed by atoms with E-state index in [9.17, 15) is 9.59 Å². The number of benzene rings is 1. The zero-order chi connectivity index (χ0) is 24.1. The number of piperidine rings is 2. The molecule has 2 amide bonds. The summed E-state index contributed by atoms with van der Waals surface area (Å²) in [6.07, 6.45) is 5.89. The number of hydrogen-bond acceptors (Lipinski definition) is 5. The maximum absolute atomic E-state index is 13.5. The number of nitrogens with zero attached hydrogens (tertiary/aromatic N) is 3. The second-order valence-corrected chi connectivity index (χ2v) is 10.0. The first-order chi connectivity index (χ1) is 16.4. The van der Waals surface area contributed by atoms with Crippen LogP contribution in [0, 0.1) is 12.3 Å². The third kappa shape index (κ3) is 5.57. The number of hydrogen-bond donors (Lipinski definition) is 0. The van der Waals surface area contributed by atoms with Gasteiger partial charge in [0.2, 0.25) is 5.91 Å². The van der Waals surface area contributed by atoms with Gasteiger partial charge in [0, 0.05) is 43.0 Å². The van der Waals surface area contributed by atoms with Crippen LogP contribution in [-0.2, 0) is 11.2 Å². The molecule has 0 N–H and O–H groups in total. The van der Waals surface area contributed by atoms with E-state index in [-0.39, 0.29) is 11.8 Å². The second-order valence-electron chi connectivity index (χ2n) is 9.61. The van der Waals surface area contributed by atoms with Crippen molar-refractivity contribution in [2.45, 2.75) is 58.8 Å². The molecule has 3 heterocycles. The quantitative estimate of drug-likeness (QED) is 0.555. The number of halogens is 1. The maximum Gasteiger partial charge on any atom is 0.259 e. The van der Waals surface area contributed by atoms with Crippen molar-refractivity contribution in [2.75, 3.05) is 32.8 Å². The van der Waals surface area contributed by atoms with Crippen LogP contribution in [0.1, 0.15) is 67.3 Å². The Morgan fingerprint density at radius 3 is 2.65 bits per heavy atom. The molecule has 1 aromatic heterocycles. The predicted molar refractivity (Wildman–Crippen MR) is 130 cm³/mol. The van der Waals surface area contributed by atoms with Gasteiger partial charge in [0.15, 0.2) is 0 Å². The van der Waals surface area contributed by atoms with Crippen molar-refractivity contribution >= 4 is 23.4 Å². The van der Waals surface area contributed by atoms with Crippen LogP contribution < -0.4 is 4.74 Å². The fraction of sp³-hybridized carbons (Fsp3) is 0.577. The van der Waals surface area contributed by atoms with E-state index in [1.165, 1.54) is 6.42 Å². The van der Waals surface area contributed by atoms with Gasteiger partial charge >= 0.3 is 0 Å². The van der Waals surface area contributed by atoms with E-state index in [2.05, 4.69) is 5.16 Å². The highest BCUT2D eigenvalue weighted by atomic mass is 35.5. The zero-order valence-corrected chi connectivity index (χ0v) is 20.9. The number of carbonyl (C=O) groups excluding carboxylic acids is 2. The van der Waals surface area contributed by atoms with Gasteiger partial charge in [-0.15, -0.1) is 0 Å². The lowest BCUT2D eigenvalue weighted by Crippen LogP contribution is -2.51. The summed E-state index contributed by atoms with van der Waals surface area (Å²) in [6, 6.07) is 7.30. The number of aromatic nitrogens is 1. The maximum atomic E-state index is 13.5. The Hall–Kier alpha value is -2.54. The summed E-state index contributed by atoms with van der Waals surface area (Å²) >= 11 is 6.14. The van der Waals surface area contributed by atoms with Crippen LogP contribution in [0.4, 0.5) is 0 Å². The standard InChI is InChI=1S/C26H34ClN3O4/c1-3-22-24(19(2)34-28-22)25(32)30-14-8-11-26(17-30,16-23(31)29-12-5-4-6-13-29)18-33-21-10-7-9-20(27)15-21/h7,9-10,15H,3-6,8,11-14,16-18H2,1-2H3/t26-/m1/s1. The first kappa shape index (κ1) is 24.6. The molecule has 2 fully saturated rings. The van der Waals surface area contributed by atoms with Crippen LogP contribution in [0.5, 0.6) is 5.75 Å². The van der Waals surface area contributed by atoms with E-state index in [0.717, 1.165) is 38.8 Å². The topological polar surface area (TPSA) is 75.9 Å². The van der Waals surface area contributed by atoms with Crippen molar-refractivity contribution in [2.24, 2.45) is 5.41 Å². The van der Waals surface area contributed by atoms with Gasteiger partial charge < -0.3 is 19.1 Å². The minimum atomic E-state index is -0.470. The minimum absolute atomic E-state index is 0.0761. The zero-order valence-electron chi connectivity index (χ0n) is 20.1. The van der Waals surface area contributed by atoms with Crippen LogP contribution in [-0.4, -0.2) is 59.6 Å². The lowest BCUT2D eigenvalue weighted by atomic mass is 9.77. The van der Waals surface area contributed by atoms with Crippen molar-refractivity contribution in [1.29, 1.82) is 0 Å². The summed E-state index contributed by atoms with van der Waals surface area (Å²) in [4.78, 5) is 30.7. The Morgan fingerprint density at radius 2 is 1.91 bits per heavy atom. The molecule has 34 heavy (non-hydrogen) atoms. The van der Waals surface area contributed by atoms with Gasteiger partial charge in [-0.2, -0.15) is 0 Å². The number of amides is 2. The highest BCUT2D eigenvalue weighted by molar-refractivity contribution is 6.30. The fourth-order valence-electron chi connectivity index (χ4n) is 5.16. The summed E-state index contributed by atoms with van der Waals surface area (Å²) in [5, 5.41) is 4.66. The number of rotatable bonds is 7. The Kier molecular flexibility index (Phi) is 7.81. The Bertz CT molecular complexity index is 1020. The average molecular weight is 488 g/mol. The number of carbonyl (C=O) groups is 2. The van der Waals surface area contributed by atoms with E-state index in [0.29, 0.717) is 60.3 Å². The van der Waals surface area contributed by atoms with Crippen molar-refractivity contribution < 1.29 is 18.8 Å². The summed E-state index contributed by atoms with van der Waals surface area (Å²) in [5.74, 6) is 1.29. The number of ether oxygens (including phenoxy) is 1. The van der Waals surface area contributed by atoms with Gasteiger partial charge in [-0.3, -0.25) is 9.59 Å². The van der Waals surface area contributed by atoms with Gasteiger partial charge in [-0.05, 0) is 63.6 Å². The van der Waals surface area contributed by atoms with Crippen molar-refractivity contribution in [1.82, 2.24) is 15.0 Å². The summed E-state index contributed by atoms with van der Waals surface area (Å²) in [6.45, 7) is 6.81. The molecule has 0 aliphatic carbocycles. The highest BCUT2D eigenvalue weighted by Gasteiger charge is 2.42. The normalized spacial score (nSPS) is 20.9. The van der Waals surface area contributed by atoms with Gasteiger partial charge in [0.25, 0.3) is 5.91 Å². The molecule has 184 valence electrons. The Labute approximate surface area is 206 Å². The van der Waals surface area contributed by atoms with E-state index < -0.39 is 5.41 Å². The van der Waals surface area contributed by atoms with E-state index >= 15 is 0 Å². The van der Waals surface area contributed by atoms with Crippen LogP contribution in [0.2, 0.25) is 5.02 Å². The Balaban J connectivity index is 1.56. The second kappa shape index (κ2) is 10.8. The van der Waals surface area contributed by atoms with Crippen LogP contribution in [0.25, 0.3) is 0 Å². The van der Waals surface area contributed by atoms with Gasteiger partial charge in [-0.25, -0.2) is 0 Å². The highest BCUT2D eigenvalue weighted by Crippen LogP contribution is 2.37. The molecule has 2 aromatic rings. The van der Waals surface area contributed by atoms with E-state index in [1.807, 2.05) is 28.9 Å². The molecule has 1 atom stereocenters. The summed E-state index contributed by atoms with van der Waals surface area (Å²) in [7, 11) is 0. The lowest BCUT2D eigenvalue weighted by molar-refractivity contribution is -0.136. The number of aryl methyl sites for hydroxylation is 2. The summed E-state index contributed by atoms with van der Waals surface area (Å²) < 4.78 is 11.5. The molecule has 4 rings (SSSR count). The van der Waals surface area contributed by atoms with Crippen LogP contribution in [0.15, 0.2) is 28.8 Å². The van der Waals surface area contributed by atoms with Crippen molar-refractivity contribution in [3.63, 3.8) is 0 Å². The molecule has 0 spiro atoms. The molecule has 0 bridgehead atoms. The third-order valence-corrected chi connectivity index (χ3v) is 7.24. The molecule has 2 aliphatic heterocycles. The molecule has 0 unspecified atom stereocenters.